The molecule has 2 rings (SSSR count). The first-order valence-electron chi connectivity index (χ1n) is 12.5. The Balaban J connectivity index is 2.38. The van der Waals surface area contributed by atoms with Crippen LogP contribution in [0.4, 0.5) is 0 Å². The lowest BCUT2D eigenvalue weighted by Crippen LogP contribution is -1.94. The van der Waals surface area contributed by atoms with Crippen LogP contribution in [0.25, 0.3) is 11.1 Å². The lowest BCUT2D eigenvalue weighted by molar-refractivity contribution is 0.00746. The molecule has 2 heteroatoms. The van der Waals surface area contributed by atoms with E-state index in [2.05, 4.69) is 84.9 Å². The van der Waals surface area contributed by atoms with Crippen LogP contribution in [0, 0.1) is 11.8 Å². The molecule has 0 fully saturated rings. The zero-order valence-corrected chi connectivity index (χ0v) is 20.7. The van der Waals surface area contributed by atoms with Crippen LogP contribution in [-0.4, -0.2) is 10.7 Å². The monoisotopic (exact) mass is 438 g/mol. The van der Waals surface area contributed by atoms with Gasteiger partial charge in [-0.25, -0.2) is 0 Å². The molecule has 172 valence electrons. The van der Waals surface area contributed by atoms with Crippen molar-refractivity contribution in [1.82, 2.24) is 0 Å². The second-order valence-electron chi connectivity index (χ2n) is 8.57. The maximum Gasteiger partial charge on any atom is 0.303 e. The molecule has 0 heterocycles. The van der Waals surface area contributed by atoms with Crippen molar-refractivity contribution in [3.05, 3.63) is 88.0 Å². The molecule has 0 aliphatic rings. The van der Waals surface area contributed by atoms with Crippen molar-refractivity contribution >= 4 is 11.4 Å². The Labute approximate surface area is 201 Å². The number of rotatable bonds is 13. The van der Waals surface area contributed by atoms with Crippen LogP contribution in [0.5, 0.6) is 0 Å². The molecule has 0 bridgehead atoms. The van der Waals surface area contributed by atoms with Gasteiger partial charge in [-0.05, 0) is 73.1 Å². The van der Waals surface area contributed by atoms with Crippen LogP contribution in [-0.2, 0) is 6.42 Å². The van der Waals surface area contributed by atoms with Crippen molar-refractivity contribution in [2.45, 2.75) is 85.0 Å². The fourth-order valence-corrected chi connectivity index (χ4v) is 4.01. The predicted octanol–water partition coefficient (Wildman–Crippen LogP) is 8.41. The summed E-state index contributed by atoms with van der Waals surface area (Å²) in [5.41, 5.74) is 15.8. The summed E-state index contributed by atoms with van der Waals surface area (Å²) < 4.78 is 0. The molecule has 0 saturated carbocycles. The highest BCUT2D eigenvalue weighted by Gasteiger charge is 2.10. The molecule has 2 aromatic carbocycles. The minimum absolute atomic E-state index is 0.829. The van der Waals surface area contributed by atoms with Gasteiger partial charge in [-0.2, -0.15) is 0 Å². The van der Waals surface area contributed by atoms with Crippen molar-refractivity contribution < 1.29 is 4.79 Å². The standard InChI is InChI=1S/C31H38N2/c1-4-7-9-10-11-12-17-27-19-14-21-30(23-27)31(24-28(25-33-32)16-8-5-2)29-20-13-18-26(22-29)15-6-3/h13-14,18-24H,4-5,7-12,16-17H2,1-3H3. The first kappa shape index (κ1) is 26.2. The Bertz CT molecular complexity index is 1050. The Morgan fingerprint density at radius 1 is 0.879 bits per heavy atom. The molecule has 0 atom stereocenters. The quantitative estimate of drug-likeness (QED) is 0.0751. The Kier molecular flexibility index (Phi) is 12.4. The number of nitrogens with zero attached hydrogens (tertiary/aromatic N) is 2. The van der Waals surface area contributed by atoms with E-state index < -0.39 is 0 Å². The van der Waals surface area contributed by atoms with E-state index in [1.165, 1.54) is 49.7 Å². The molecule has 0 amide bonds. The number of hydrogen-bond donors (Lipinski definition) is 0. The average Bonchev–Trinajstić information content (AvgIpc) is 2.83. The largest absolute Gasteiger partial charge is 0.348 e. The van der Waals surface area contributed by atoms with Gasteiger partial charge in [0, 0.05) is 5.56 Å². The maximum atomic E-state index is 9.17. The summed E-state index contributed by atoms with van der Waals surface area (Å²) in [5.74, 6) is 8.96. The zero-order valence-electron chi connectivity index (χ0n) is 20.7. The third-order valence-electron chi connectivity index (χ3n) is 5.81. The minimum atomic E-state index is 0.829. The van der Waals surface area contributed by atoms with Crippen LogP contribution in [0.15, 0.2) is 60.2 Å². The number of unbranched alkanes of at least 4 members (excludes halogenated alkanes) is 6. The van der Waals surface area contributed by atoms with E-state index in [0.717, 1.165) is 48.0 Å². The summed E-state index contributed by atoms with van der Waals surface area (Å²) in [6, 6.07) is 17.2. The highest BCUT2D eigenvalue weighted by molar-refractivity contribution is 5.84. The molecule has 0 N–H and O–H groups in total. The lowest BCUT2D eigenvalue weighted by Gasteiger charge is -2.12. The predicted molar refractivity (Wildman–Crippen MR) is 141 cm³/mol. The van der Waals surface area contributed by atoms with E-state index >= 15 is 0 Å². The van der Waals surface area contributed by atoms with E-state index in [0.29, 0.717) is 0 Å². The van der Waals surface area contributed by atoms with Gasteiger partial charge in [0.05, 0.1) is 5.57 Å². The topological polar surface area (TPSA) is 36.4 Å². The van der Waals surface area contributed by atoms with Gasteiger partial charge >= 0.3 is 5.87 Å². The Morgan fingerprint density at radius 3 is 2.30 bits per heavy atom. The van der Waals surface area contributed by atoms with Gasteiger partial charge in [-0.1, -0.05) is 94.7 Å². The molecule has 2 nitrogen and oxygen atoms in total. The zero-order chi connectivity index (χ0) is 23.7. The second kappa shape index (κ2) is 15.7. The molecule has 0 unspecified atom stereocenters. The minimum Gasteiger partial charge on any atom is -0.348 e. The molecular formula is C31H38N2. The Hall–Kier alpha value is -3.10. The lowest BCUT2D eigenvalue weighted by atomic mass is 9.92. The first-order chi connectivity index (χ1) is 16.2. The smallest absolute Gasteiger partial charge is 0.303 e. The van der Waals surface area contributed by atoms with E-state index in [4.69, 9.17) is 5.53 Å². The van der Waals surface area contributed by atoms with Crippen LogP contribution < -0.4 is 0 Å². The molecule has 0 aromatic heterocycles. The molecule has 2 aromatic rings. The normalized spacial score (nSPS) is 10.7. The van der Waals surface area contributed by atoms with Gasteiger partial charge in [-0.3, -0.25) is 0 Å². The SMILES string of the molecule is CC#Cc1cccc(C(=CC(=C=[N+]=[N-])CCCC)c2cccc(CCCCCCCC)c2)c1. The van der Waals surface area contributed by atoms with Gasteiger partial charge in [0.15, 0.2) is 0 Å². The van der Waals surface area contributed by atoms with Crippen molar-refractivity contribution in [2.24, 2.45) is 0 Å². The van der Waals surface area contributed by atoms with E-state index in [1.54, 1.807) is 0 Å². The van der Waals surface area contributed by atoms with Gasteiger partial charge in [0.1, 0.15) is 0 Å². The molecular weight excluding hydrogens is 400 g/mol. The second-order valence-corrected chi connectivity index (χ2v) is 8.57. The number of benzene rings is 2. The highest BCUT2D eigenvalue weighted by Crippen LogP contribution is 2.28. The van der Waals surface area contributed by atoms with E-state index in [9.17, 15) is 0 Å². The highest BCUT2D eigenvalue weighted by atomic mass is 14.8. The fourth-order valence-electron chi connectivity index (χ4n) is 4.01. The number of allylic oxidation sites excluding steroid dienone is 2. The third kappa shape index (κ3) is 9.51. The Morgan fingerprint density at radius 2 is 1.58 bits per heavy atom. The molecule has 0 spiro atoms. The molecule has 0 radical (unpaired) electrons. The van der Waals surface area contributed by atoms with Gasteiger partial charge in [-0.15, -0.1) is 10.7 Å². The van der Waals surface area contributed by atoms with Crippen LogP contribution in [0.3, 0.4) is 0 Å². The molecule has 0 saturated heterocycles. The summed E-state index contributed by atoms with van der Waals surface area (Å²) in [7, 11) is 0. The van der Waals surface area contributed by atoms with Crippen LogP contribution in [0.1, 0.15) is 101 Å². The fraction of sp³-hybridized carbons (Fsp3) is 0.419. The summed E-state index contributed by atoms with van der Waals surface area (Å²) in [5, 5.41) is 0. The van der Waals surface area contributed by atoms with Crippen LogP contribution >= 0.6 is 0 Å². The summed E-state index contributed by atoms with van der Waals surface area (Å²) >= 11 is 0. The van der Waals surface area contributed by atoms with Crippen molar-refractivity contribution in [3.63, 3.8) is 0 Å². The van der Waals surface area contributed by atoms with Gasteiger partial charge < -0.3 is 5.53 Å². The number of aryl methyl sites for hydroxylation is 1. The van der Waals surface area contributed by atoms with Crippen molar-refractivity contribution in [1.29, 1.82) is 0 Å². The van der Waals surface area contributed by atoms with Crippen molar-refractivity contribution in [2.75, 3.05) is 0 Å². The van der Waals surface area contributed by atoms with Gasteiger partial charge in [0.2, 0.25) is 0 Å². The first-order valence-corrected chi connectivity index (χ1v) is 12.5. The molecule has 0 aliphatic carbocycles. The van der Waals surface area contributed by atoms with Crippen molar-refractivity contribution in [3.8, 4) is 11.8 Å². The molecule has 0 aliphatic heterocycles. The average molecular weight is 439 g/mol. The summed E-state index contributed by atoms with van der Waals surface area (Å²) in [6.07, 6.45) is 14.0. The summed E-state index contributed by atoms with van der Waals surface area (Å²) in [6.45, 7) is 6.28. The van der Waals surface area contributed by atoms with Gasteiger partial charge in [0.25, 0.3) is 0 Å². The van der Waals surface area contributed by atoms with E-state index in [-0.39, 0.29) is 0 Å². The molecule has 33 heavy (non-hydrogen) atoms. The van der Waals surface area contributed by atoms with E-state index in [1.807, 2.05) is 13.0 Å². The maximum absolute atomic E-state index is 9.17. The van der Waals surface area contributed by atoms with Crippen LogP contribution in [0.2, 0.25) is 0 Å². The third-order valence-corrected chi connectivity index (χ3v) is 5.81. The summed E-state index contributed by atoms with van der Waals surface area (Å²) in [4.78, 5) is 3.21. The number of hydrogen-bond acceptors (Lipinski definition) is 0.